The Kier molecular flexibility index (Phi) is 9.61. The zero-order valence-electron chi connectivity index (χ0n) is 22.6. The molecule has 0 unspecified atom stereocenters. The highest BCUT2D eigenvalue weighted by Gasteiger charge is 2.61. The fourth-order valence-electron chi connectivity index (χ4n) is 4.50. The minimum absolute atomic E-state index is 0.0431. The summed E-state index contributed by atoms with van der Waals surface area (Å²) in [6, 6.07) is 3.05. The number of benzene rings is 1. The number of carbonyl (C=O) groups excluding carboxylic acids is 3. The summed E-state index contributed by atoms with van der Waals surface area (Å²) < 4.78 is 26.6. The van der Waals surface area contributed by atoms with E-state index < -0.39 is 23.5 Å². The van der Waals surface area contributed by atoms with Crippen LogP contribution in [0.1, 0.15) is 32.8 Å². The molecule has 2 atom stereocenters. The summed E-state index contributed by atoms with van der Waals surface area (Å²) in [7, 11) is 4.75. The van der Waals surface area contributed by atoms with Crippen LogP contribution in [-0.2, 0) is 30.4 Å². The Morgan fingerprint density at radius 1 is 1.03 bits per heavy atom. The van der Waals surface area contributed by atoms with Crippen molar-refractivity contribution in [3.63, 3.8) is 0 Å². The number of methoxy groups -OCH3 is 3. The highest BCUT2D eigenvalue weighted by Crippen LogP contribution is 2.40. The van der Waals surface area contributed by atoms with Crippen molar-refractivity contribution in [3.8, 4) is 17.2 Å². The van der Waals surface area contributed by atoms with Crippen LogP contribution in [0, 0.1) is 5.92 Å². The van der Waals surface area contributed by atoms with Gasteiger partial charge in [0.15, 0.2) is 11.5 Å². The molecule has 2 aliphatic heterocycles. The van der Waals surface area contributed by atoms with E-state index in [9.17, 15) is 14.4 Å². The van der Waals surface area contributed by atoms with Crippen LogP contribution in [0.15, 0.2) is 12.1 Å². The largest absolute Gasteiger partial charge is 0.493 e. The zero-order valence-corrected chi connectivity index (χ0v) is 22.6. The smallest absolute Gasteiger partial charge is 0.350 e. The number of rotatable bonds is 12. The normalized spacial score (nSPS) is 20.2. The van der Waals surface area contributed by atoms with E-state index in [0.717, 1.165) is 5.56 Å². The summed E-state index contributed by atoms with van der Waals surface area (Å²) in [5, 5.41) is 2.77. The molecule has 206 valence electrons. The number of ether oxygens (including phenoxy) is 5. The Balaban J connectivity index is 1.63. The van der Waals surface area contributed by atoms with Gasteiger partial charge < -0.3 is 33.9 Å². The first-order chi connectivity index (χ1) is 17.7. The Bertz CT molecular complexity index is 971. The average molecular weight is 522 g/mol. The van der Waals surface area contributed by atoms with Gasteiger partial charge in [0.2, 0.25) is 11.7 Å². The molecule has 37 heavy (non-hydrogen) atoms. The molecule has 0 aliphatic carbocycles. The standard InChI is InChI=1S/C26H39N3O8/c1-7-36-25(32)26(16-37-26)24(31)27-19(14-17(2)3)23(30)29-12-10-28(11-13-29)15-18-8-9-20(33-4)22(35-6)21(18)34-5/h8-9,17,19H,7,10-16H2,1-6H3,(H,27,31)/t19-,26+/m0/s1. The van der Waals surface area contributed by atoms with E-state index in [-0.39, 0.29) is 25.0 Å². The molecule has 0 aromatic heterocycles. The number of amides is 2. The maximum absolute atomic E-state index is 13.4. The first-order valence-electron chi connectivity index (χ1n) is 12.6. The van der Waals surface area contributed by atoms with Crippen LogP contribution in [0.5, 0.6) is 17.2 Å². The molecule has 11 heteroatoms. The van der Waals surface area contributed by atoms with Gasteiger partial charge in [-0.25, -0.2) is 4.79 Å². The molecule has 2 aliphatic rings. The predicted molar refractivity (Wildman–Crippen MR) is 135 cm³/mol. The number of piperazine rings is 1. The van der Waals surface area contributed by atoms with Crippen molar-refractivity contribution in [2.45, 2.75) is 45.4 Å². The van der Waals surface area contributed by atoms with Gasteiger partial charge in [-0.05, 0) is 25.3 Å². The van der Waals surface area contributed by atoms with Crippen molar-refractivity contribution in [2.75, 3.05) is 60.7 Å². The second-order valence-electron chi connectivity index (χ2n) is 9.59. The van der Waals surface area contributed by atoms with Gasteiger partial charge >= 0.3 is 5.97 Å². The first-order valence-corrected chi connectivity index (χ1v) is 12.6. The molecule has 2 heterocycles. The van der Waals surface area contributed by atoms with E-state index in [2.05, 4.69) is 10.2 Å². The molecule has 0 saturated carbocycles. The van der Waals surface area contributed by atoms with Crippen molar-refractivity contribution >= 4 is 17.8 Å². The lowest BCUT2D eigenvalue weighted by Gasteiger charge is -2.37. The molecule has 0 bridgehead atoms. The van der Waals surface area contributed by atoms with Gasteiger partial charge in [-0.15, -0.1) is 0 Å². The molecular weight excluding hydrogens is 482 g/mol. The van der Waals surface area contributed by atoms with Gasteiger partial charge in [-0.3, -0.25) is 14.5 Å². The molecule has 0 spiro atoms. The second-order valence-corrected chi connectivity index (χ2v) is 9.59. The lowest BCUT2D eigenvalue weighted by atomic mass is 10.0. The van der Waals surface area contributed by atoms with Gasteiger partial charge in [0, 0.05) is 38.3 Å². The maximum Gasteiger partial charge on any atom is 0.350 e. The monoisotopic (exact) mass is 521 g/mol. The average Bonchev–Trinajstić information content (AvgIpc) is 3.70. The predicted octanol–water partition coefficient (Wildman–Crippen LogP) is 1.22. The number of epoxide rings is 1. The van der Waals surface area contributed by atoms with Crippen LogP contribution in [0.4, 0.5) is 0 Å². The van der Waals surface area contributed by atoms with E-state index in [0.29, 0.717) is 56.4 Å². The highest BCUT2D eigenvalue weighted by atomic mass is 16.6. The number of nitrogens with zero attached hydrogens (tertiary/aromatic N) is 2. The molecule has 0 radical (unpaired) electrons. The summed E-state index contributed by atoms with van der Waals surface area (Å²) in [6.45, 7) is 8.68. The molecule has 1 N–H and O–H groups in total. The summed E-state index contributed by atoms with van der Waals surface area (Å²) in [6.07, 6.45) is 0.451. The third kappa shape index (κ3) is 6.45. The highest BCUT2D eigenvalue weighted by molar-refractivity contribution is 6.10. The fraction of sp³-hybridized carbons (Fsp3) is 0.654. The van der Waals surface area contributed by atoms with Crippen LogP contribution in [0.3, 0.4) is 0 Å². The van der Waals surface area contributed by atoms with Gasteiger partial charge in [0.25, 0.3) is 11.5 Å². The third-order valence-corrected chi connectivity index (χ3v) is 6.58. The lowest BCUT2D eigenvalue weighted by Crippen LogP contribution is -2.57. The van der Waals surface area contributed by atoms with Gasteiger partial charge in [-0.1, -0.05) is 19.9 Å². The lowest BCUT2D eigenvalue weighted by molar-refractivity contribution is -0.155. The SMILES string of the molecule is CCOC(=O)[C@]1(C(=O)N[C@@H](CC(C)C)C(=O)N2CCN(Cc3ccc(OC)c(OC)c3OC)CC2)CO1. The van der Waals surface area contributed by atoms with Crippen LogP contribution in [-0.4, -0.2) is 99.9 Å². The molecular formula is C26H39N3O8. The molecule has 2 saturated heterocycles. The Morgan fingerprint density at radius 3 is 2.19 bits per heavy atom. The number of hydrogen-bond acceptors (Lipinski definition) is 9. The Morgan fingerprint density at radius 2 is 1.68 bits per heavy atom. The van der Waals surface area contributed by atoms with Crippen molar-refractivity contribution in [2.24, 2.45) is 5.92 Å². The maximum atomic E-state index is 13.4. The molecule has 3 rings (SSSR count). The quantitative estimate of drug-likeness (QED) is 0.246. The van der Waals surface area contributed by atoms with Gasteiger partial charge in [-0.2, -0.15) is 0 Å². The van der Waals surface area contributed by atoms with Gasteiger partial charge in [0.1, 0.15) is 6.04 Å². The second kappa shape index (κ2) is 12.5. The Hall–Kier alpha value is -3.05. The molecule has 1 aromatic rings. The minimum Gasteiger partial charge on any atom is -0.493 e. The number of esters is 1. The minimum atomic E-state index is -1.64. The number of hydrogen-bond donors (Lipinski definition) is 1. The summed E-state index contributed by atoms with van der Waals surface area (Å²) in [4.78, 5) is 42.5. The topological polar surface area (TPSA) is 119 Å². The van der Waals surface area contributed by atoms with Crippen LogP contribution >= 0.6 is 0 Å². The van der Waals surface area contributed by atoms with E-state index in [1.54, 1.807) is 33.2 Å². The fourth-order valence-corrected chi connectivity index (χ4v) is 4.50. The van der Waals surface area contributed by atoms with Crippen LogP contribution in [0.25, 0.3) is 0 Å². The molecule has 2 fully saturated rings. The van der Waals surface area contributed by atoms with Crippen LogP contribution in [0.2, 0.25) is 0 Å². The molecule has 2 amide bonds. The number of carbonyl (C=O) groups is 3. The van der Waals surface area contributed by atoms with E-state index >= 15 is 0 Å². The summed E-state index contributed by atoms with van der Waals surface area (Å²) >= 11 is 0. The van der Waals surface area contributed by atoms with Crippen molar-refractivity contribution < 1.29 is 38.1 Å². The molecule has 11 nitrogen and oxygen atoms in total. The van der Waals surface area contributed by atoms with E-state index in [4.69, 9.17) is 23.7 Å². The first kappa shape index (κ1) is 28.5. The van der Waals surface area contributed by atoms with E-state index in [1.807, 2.05) is 26.0 Å². The number of nitrogens with one attached hydrogen (secondary N) is 1. The van der Waals surface area contributed by atoms with E-state index in [1.165, 1.54) is 0 Å². The van der Waals surface area contributed by atoms with Crippen molar-refractivity contribution in [1.82, 2.24) is 15.1 Å². The van der Waals surface area contributed by atoms with Crippen molar-refractivity contribution in [1.29, 1.82) is 0 Å². The zero-order chi connectivity index (χ0) is 27.2. The Labute approximate surface area is 218 Å². The van der Waals surface area contributed by atoms with Crippen LogP contribution < -0.4 is 19.5 Å². The summed E-state index contributed by atoms with van der Waals surface area (Å²) in [5.41, 5.74) is -0.679. The third-order valence-electron chi connectivity index (χ3n) is 6.58. The molecule has 1 aromatic carbocycles. The van der Waals surface area contributed by atoms with Gasteiger partial charge in [0.05, 0.1) is 34.5 Å². The van der Waals surface area contributed by atoms with Crippen molar-refractivity contribution in [3.05, 3.63) is 17.7 Å². The summed E-state index contributed by atoms with van der Waals surface area (Å²) in [5.74, 6) is 0.420.